The number of aliphatic imine (C=N–C) groups is 1. The van der Waals surface area contributed by atoms with Crippen LogP contribution in [0.25, 0.3) is 0 Å². The van der Waals surface area contributed by atoms with Gasteiger partial charge in [-0.15, -0.1) is 0 Å². The van der Waals surface area contributed by atoms with Gasteiger partial charge in [-0.25, -0.2) is 13.1 Å². The maximum Gasteiger partial charge on any atom is 0.240 e. The molecule has 0 heterocycles. The quantitative estimate of drug-likeness (QED) is 0.399. The molecule has 0 fully saturated rings. The lowest BCUT2D eigenvalue weighted by molar-refractivity contribution is 0.414. The minimum absolute atomic E-state index is 0.256. The molecule has 0 amide bonds. The number of benzene rings is 2. The van der Waals surface area contributed by atoms with Crippen LogP contribution in [0.2, 0.25) is 0 Å². The fourth-order valence-electron chi connectivity index (χ4n) is 2.62. The van der Waals surface area contributed by atoms with E-state index in [9.17, 15) is 8.42 Å². The summed E-state index contributed by atoms with van der Waals surface area (Å²) in [4.78, 5) is 6.48. The van der Waals surface area contributed by atoms with E-state index in [2.05, 4.69) is 15.0 Å². The predicted octanol–water partition coefficient (Wildman–Crippen LogP) is 1.99. The smallest absolute Gasteiger partial charge is 0.240 e. The van der Waals surface area contributed by atoms with Crippen molar-refractivity contribution in [1.29, 1.82) is 0 Å². The third-order valence-corrected chi connectivity index (χ3v) is 5.66. The van der Waals surface area contributed by atoms with Gasteiger partial charge in [0.05, 0.1) is 12.0 Å². The molecule has 0 saturated heterocycles. The Bertz CT molecular complexity index is 879. The summed E-state index contributed by atoms with van der Waals surface area (Å²) in [5, 5.41) is 3.17. The SMILES string of the molecule is CN=C(NCCNS(=O)(=O)c1ccc(C)cc1)N(C)Cc1ccc(OC)cc1. The van der Waals surface area contributed by atoms with Gasteiger partial charge in [0.1, 0.15) is 5.75 Å². The van der Waals surface area contributed by atoms with Crippen LogP contribution in [0.1, 0.15) is 11.1 Å². The summed E-state index contributed by atoms with van der Waals surface area (Å²) in [6.45, 7) is 3.26. The lowest BCUT2D eigenvalue weighted by Crippen LogP contribution is -2.42. The molecule has 28 heavy (non-hydrogen) atoms. The summed E-state index contributed by atoms with van der Waals surface area (Å²) in [5.74, 6) is 1.50. The molecule has 0 aliphatic heterocycles. The molecule has 7 nitrogen and oxygen atoms in total. The third-order valence-electron chi connectivity index (χ3n) is 4.18. The number of methoxy groups -OCH3 is 1. The summed E-state index contributed by atoms with van der Waals surface area (Å²) in [7, 11) is 1.75. The van der Waals surface area contributed by atoms with Crippen molar-refractivity contribution in [3.05, 3.63) is 59.7 Å². The van der Waals surface area contributed by atoms with Crippen LogP contribution < -0.4 is 14.8 Å². The number of hydrogen-bond acceptors (Lipinski definition) is 4. The number of hydrogen-bond donors (Lipinski definition) is 2. The molecule has 2 rings (SSSR count). The fraction of sp³-hybridized carbons (Fsp3) is 0.350. The lowest BCUT2D eigenvalue weighted by atomic mass is 10.2. The number of nitrogens with one attached hydrogen (secondary N) is 2. The number of sulfonamides is 1. The van der Waals surface area contributed by atoms with Crippen LogP contribution >= 0.6 is 0 Å². The highest BCUT2D eigenvalue weighted by Crippen LogP contribution is 2.12. The first-order chi connectivity index (χ1) is 13.4. The van der Waals surface area contributed by atoms with Crippen molar-refractivity contribution < 1.29 is 13.2 Å². The average Bonchev–Trinajstić information content (AvgIpc) is 2.69. The highest BCUT2D eigenvalue weighted by Gasteiger charge is 2.13. The second kappa shape index (κ2) is 10.1. The molecule has 0 radical (unpaired) electrons. The van der Waals surface area contributed by atoms with Gasteiger partial charge in [-0.05, 0) is 36.8 Å². The van der Waals surface area contributed by atoms with Crippen molar-refractivity contribution in [3.8, 4) is 5.75 Å². The van der Waals surface area contributed by atoms with Crippen LogP contribution in [0.15, 0.2) is 58.4 Å². The van der Waals surface area contributed by atoms with Gasteiger partial charge in [0.2, 0.25) is 10.0 Å². The highest BCUT2D eigenvalue weighted by molar-refractivity contribution is 7.89. The van der Waals surface area contributed by atoms with Gasteiger partial charge >= 0.3 is 0 Å². The number of rotatable bonds is 8. The molecule has 2 aromatic carbocycles. The van der Waals surface area contributed by atoms with Crippen LogP contribution in [0.3, 0.4) is 0 Å². The molecule has 8 heteroatoms. The van der Waals surface area contributed by atoms with Crippen molar-refractivity contribution in [2.24, 2.45) is 4.99 Å². The van der Waals surface area contributed by atoms with E-state index in [0.29, 0.717) is 19.0 Å². The second-order valence-corrected chi connectivity index (χ2v) is 8.16. The molecule has 2 N–H and O–H groups in total. The zero-order valence-corrected chi connectivity index (χ0v) is 17.6. The first-order valence-corrected chi connectivity index (χ1v) is 10.4. The third kappa shape index (κ3) is 6.24. The topological polar surface area (TPSA) is 83.0 Å². The first kappa shape index (κ1) is 21.7. The van der Waals surface area contributed by atoms with Gasteiger partial charge < -0.3 is 15.0 Å². The zero-order valence-electron chi connectivity index (χ0n) is 16.8. The molecule has 0 unspecified atom stereocenters. The van der Waals surface area contributed by atoms with Crippen LogP contribution in [-0.4, -0.2) is 53.6 Å². The lowest BCUT2D eigenvalue weighted by Gasteiger charge is -2.22. The van der Waals surface area contributed by atoms with E-state index in [0.717, 1.165) is 16.9 Å². The minimum Gasteiger partial charge on any atom is -0.497 e. The molecule has 0 bridgehead atoms. The van der Waals surface area contributed by atoms with Crippen LogP contribution in [0.5, 0.6) is 5.75 Å². The van der Waals surface area contributed by atoms with Crippen molar-refractivity contribution >= 4 is 16.0 Å². The van der Waals surface area contributed by atoms with Crippen molar-refractivity contribution in [2.45, 2.75) is 18.4 Å². The summed E-state index contributed by atoms with van der Waals surface area (Å²) in [5.41, 5.74) is 2.13. The Labute approximate surface area is 167 Å². The van der Waals surface area contributed by atoms with Crippen molar-refractivity contribution in [1.82, 2.24) is 14.9 Å². The minimum atomic E-state index is -3.51. The van der Waals surface area contributed by atoms with Crippen molar-refractivity contribution in [2.75, 3.05) is 34.3 Å². The number of aryl methyl sites for hydroxylation is 1. The molecule has 0 aliphatic rings. The Hall–Kier alpha value is -2.58. The monoisotopic (exact) mass is 404 g/mol. The maximum absolute atomic E-state index is 12.3. The average molecular weight is 405 g/mol. The molecular formula is C20H28N4O3S. The Morgan fingerprint density at radius 1 is 1.07 bits per heavy atom. The highest BCUT2D eigenvalue weighted by atomic mass is 32.2. The summed E-state index contributed by atoms with van der Waals surface area (Å²) in [6.07, 6.45) is 0. The fourth-order valence-corrected chi connectivity index (χ4v) is 3.66. The summed E-state index contributed by atoms with van der Waals surface area (Å²) < 4.78 is 32.4. The Morgan fingerprint density at radius 2 is 1.71 bits per heavy atom. The number of nitrogens with zero attached hydrogens (tertiary/aromatic N) is 2. The maximum atomic E-state index is 12.3. The van der Waals surface area contributed by atoms with E-state index >= 15 is 0 Å². The molecule has 0 atom stereocenters. The van der Waals surface area contributed by atoms with Crippen LogP contribution in [-0.2, 0) is 16.6 Å². The number of ether oxygens (including phenoxy) is 1. The Balaban J connectivity index is 1.83. The van der Waals surface area contributed by atoms with Gasteiger partial charge in [0, 0.05) is 33.7 Å². The van der Waals surface area contributed by atoms with Crippen LogP contribution in [0.4, 0.5) is 0 Å². The van der Waals surface area contributed by atoms with Crippen LogP contribution in [0, 0.1) is 6.92 Å². The summed E-state index contributed by atoms with van der Waals surface area (Å²) >= 11 is 0. The molecule has 152 valence electrons. The van der Waals surface area contributed by atoms with Gasteiger partial charge in [-0.3, -0.25) is 4.99 Å². The normalized spacial score (nSPS) is 11.9. The van der Waals surface area contributed by atoms with E-state index in [1.165, 1.54) is 0 Å². The predicted molar refractivity (Wildman–Crippen MR) is 112 cm³/mol. The second-order valence-electron chi connectivity index (χ2n) is 6.39. The molecule has 0 aliphatic carbocycles. The van der Waals surface area contributed by atoms with E-state index in [1.807, 2.05) is 43.1 Å². The first-order valence-electron chi connectivity index (χ1n) is 8.97. The Morgan fingerprint density at radius 3 is 2.29 bits per heavy atom. The van der Waals surface area contributed by atoms with E-state index in [-0.39, 0.29) is 11.4 Å². The van der Waals surface area contributed by atoms with E-state index < -0.39 is 10.0 Å². The molecule has 0 saturated carbocycles. The molecule has 0 aromatic heterocycles. The van der Waals surface area contributed by atoms with Gasteiger partial charge in [-0.2, -0.15) is 0 Å². The molecule has 0 spiro atoms. The Kier molecular flexibility index (Phi) is 7.83. The molecule has 2 aromatic rings. The van der Waals surface area contributed by atoms with Gasteiger partial charge in [-0.1, -0.05) is 29.8 Å². The van der Waals surface area contributed by atoms with Crippen molar-refractivity contribution in [3.63, 3.8) is 0 Å². The summed E-state index contributed by atoms with van der Waals surface area (Å²) in [6, 6.07) is 14.6. The van der Waals surface area contributed by atoms with E-state index in [1.54, 1.807) is 38.4 Å². The van der Waals surface area contributed by atoms with E-state index in [4.69, 9.17) is 4.74 Å². The zero-order chi connectivity index (χ0) is 20.6. The van der Waals surface area contributed by atoms with Gasteiger partial charge in [0.25, 0.3) is 0 Å². The molecular weight excluding hydrogens is 376 g/mol. The van der Waals surface area contributed by atoms with Gasteiger partial charge in [0.15, 0.2) is 5.96 Å². The standard InChI is InChI=1S/C20H28N4O3S/c1-16-5-11-19(12-6-16)28(25,26)23-14-13-22-20(21-2)24(3)15-17-7-9-18(27-4)10-8-17/h5-12,23H,13-15H2,1-4H3,(H,21,22). The number of guanidine groups is 1. The largest absolute Gasteiger partial charge is 0.497 e.